The number of amides is 2. The molecule has 2 amide bonds. The lowest BCUT2D eigenvalue weighted by Gasteiger charge is -2.32. The number of hydrogen-bond donors (Lipinski definition) is 3. The number of aliphatic hydroxyl groups excluding tert-OH is 1. The number of nitrogens with zero attached hydrogens (tertiary/aromatic N) is 1. The quantitative estimate of drug-likeness (QED) is 0.627. The molecule has 7 heteroatoms. The third-order valence-corrected chi connectivity index (χ3v) is 3.21. The van der Waals surface area contributed by atoms with Gasteiger partial charge in [0.1, 0.15) is 0 Å². The number of carbonyl (C=O) groups excluding carboxylic acids is 1. The Morgan fingerprint density at radius 1 is 1.53 bits per heavy atom. The van der Waals surface area contributed by atoms with Gasteiger partial charge in [0.15, 0.2) is 0 Å². The Morgan fingerprint density at radius 3 is 2.84 bits per heavy atom. The Labute approximate surface area is 112 Å². The van der Waals surface area contributed by atoms with Gasteiger partial charge in [-0.15, -0.1) is 0 Å². The summed E-state index contributed by atoms with van der Waals surface area (Å²) in [6, 6.07) is -0.231. The SMILES string of the molecule is CCC(CNC(=O)N1CCOC(CO)C1)CC(=O)O. The number of aliphatic carboxylic acids is 1. The van der Waals surface area contributed by atoms with Crippen LogP contribution in [0.15, 0.2) is 0 Å². The second-order valence-electron chi connectivity index (χ2n) is 4.68. The lowest BCUT2D eigenvalue weighted by Crippen LogP contribution is -2.51. The first-order valence-electron chi connectivity index (χ1n) is 6.53. The summed E-state index contributed by atoms with van der Waals surface area (Å²) in [7, 11) is 0. The maximum absolute atomic E-state index is 11.9. The van der Waals surface area contributed by atoms with Crippen LogP contribution in [0.5, 0.6) is 0 Å². The van der Waals surface area contributed by atoms with Crippen molar-refractivity contribution in [2.75, 3.05) is 32.8 Å². The Bertz CT molecular complexity index is 310. The summed E-state index contributed by atoms with van der Waals surface area (Å²) in [5.41, 5.74) is 0. The molecule has 0 saturated carbocycles. The minimum absolute atomic E-state index is 0.0547. The molecule has 0 aromatic rings. The first-order valence-corrected chi connectivity index (χ1v) is 6.53. The summed E-state index contributed by atoms with van der Waals surface area (Å²) in [5, 5.41) is 20.5. The van der Waals surface area contributed by atoms with Crippen LogP contribution in [0.25, 0.3) is 0 Å². The molecule has 0 radical (unpaired) electrons. The number of aliphatic hydroxyl groups is 1. The predicted molar refractivity (Wildman–Crippen MR) is 67.8 cm³/mol. The Morgan fingerprint density at radius 2 is 2.26 bits per heavy atom. The van der Waals surface area contributed by atoms with Gasteiger partial charge in [-0.1, -0.05) is 13.3 Å². The largest absolute Gasteiger partial charge is 0.481 e. The predicted octanol–water partition coefficient (Wildman–Crippen LogP) is -0.110. The summed E-state index contributed by atoms with van der Waals surface area (Å²) in [5.74, 6) is -0.913. The van der Waals surface area contributed by atoms with Gasteiger partial charge in [0.05, 0.1) is 25.9 Å². The zero-order valence-corrected chi connectivity index (χ0v) is 11.2. The van der Waals surface area contributed by atoms with Crippen molar-refractivity contribution in [1.29, 1.82) is 0 Å². The van der Waals surface area contributed by atoms with Crippen LogP contribution in [0.3, 0.4) is 0 Å². The summed E-state index contributed by atoms with van der Waals surface area (Å²) in [6.07, 6.45) is 0.425. The highest BCUT2D eigenvalue weighted by Gasteiger charge is 2.24. The van der Waals surface area contributed by atoms with E-state index in [1.807, 2.05) is 6.92 Å². The van der Waals surface area contributed by atoms with Crippen LogP contribution in [0.4, 0.5) is 4.79 Å². The minimum Gasteiger partial charge on any atom is -0.481 e. The molecule has 1 aliphatic rings. The molecule has 0 aliphatic carbocycles. The molecule has 1 heterocycles. The van der Waals surface area contributed by atoms with E-state index in [4.69, 9.17) is 14.9 Å². The number of ether oxygens (including phenoxy) is 1. The monoisotopic (exact) mass is 274 g/mol. The van der Waals surface area contributed by atoms with Crippen molar-refractivity contribution in [3.63, 3.8) is 0 Å². The summed E-state index contributed by atoms with van der Waals surface area (Å²) in [6.45, 7) is 3.39. The minimum atomic E-state index is -0.854. The molecule has 1 fully saturated rings. The molecule has 3 N–H and O–H groups in total. The highest BCUT2D eigenvalue weighted by Crippen LogP contribution is 2.08. The third kappa shape index (κ3) is 5.44. The summed E-state index contributed by atoms with van der Waals surface area (Å²) >= 11 is 0. The van der Waals surface area contributed by atoms with Gasteiger partial charge in [-0.05, 0) is 5.92 Å². The fraction of sp³-hybridized carbons (Fsp3) is 0.833. The standard InChI is InChI=1S/C12H22N2O5/c1-2-9(5-11(16)17)6-13-12(18)14-3-4-19-10(7-14)8-15/h9-10,15H,2-8H2,1H3,(H,13,18)(H,16,17). The van der Waals surface area contributed by atoms with Crippen molar-refractivity contribution in [2.24, 2.45) is 5.92 Å². The van der Waals surface area contributed by atoms with E-state index in [2.05, 4.69) is 5.32 Å². The van der Waals surface area contributed by atoms with E-state index in [0.717, 1.165) is 0 Å². The number of carboxylic acids is 1. The molecule has 110 valence electrons. The second-order valence-corrected chi connectivity index (χ2v) is 4.68. The Kier molecular flexibility index (Phi) is 6.58. The molecule has 7 nitrogen and oxygen atoms in total. The fourth-order valence-corrected chi connectivity index (χ4v) is 1.97. The van der Waals surface area contributed by atoms with Crippen LogP contribution in [0.1, 0.15) is 19.8 Å². The van der Waals surface area contributed by atoms with Crippen LogP contribution in [0.2, 0.25) is 0 Å². The topological polar surface area (TPSA) is 99.1 Å². The van der Waals surface area contributed by atoms with Crippen molar-refractivity contribution < 1.29 is 24.5 Å². The van der Waals surface area contributed by atoms with Crippen LogP contribution >= 0.6 is 0 Å². The maximum atomic E-state index is 11.9. The first kappa shape index (κ1) is 15.7. The van der Waals surface area contributed by atoms with Crippen LogP contribution < -0.4 is 5.32 Å². The van der Waals surface area contributed by atoms with Crippen LogP contribution in [-0.4, -0.2) is 66.1 Å². The Balaban J connectivity index is 2.35. The molecule has 19 heavy (non-hydrogen) atoms. The number of nitrogens with one attached hydrogen (secondary N) is 1. The van der Waals surface area contributed by atoms with Gasteiger partial charge in [0, 0.05) is 19.5 Å². The molecule has 1 saturated heterocycles. The normalized spacial score (nSPS) is 20.9. The molecular formula is C12H22N2O5. The average molecular weight is 274 g/mol. The van der Waals surface area contributed by atoms with Crippen LogP contribution in [-0.2, 0) is 9.53 Å². The number of carboxylic acid groups (broad SMARTS) is 1. The van der Waals surface area contributed by atoms with Crippen molar-refractivity contribution in [3.8, 4) is 0 Å². The summed E-state index contributed by atoms with van der Waals surface area (Å²) in [4.78, 5) is 24.1. The van der Waals surface area contributed by atoms with E-state index >= 15 is 0 Å². The number of urea groups is 1. The highest BCUT2D eigenvalue weighted by molar-refractivity contribution is 5.74. The zero-order valence-electron chi connectivity index (χ0n) is 11.2. The lowest BCUT2D eigenvalue weighted by atomic mass is 10.0. The molecule has 2 atom stereocenters. The van der Waals surface area contributed by atoms with Gasteiger partial charge < -0.3 is 25.2 Å². The molecular weight excluding hydrogens is 252 g/mol. The highest BCUT2D eigenvalue weighted by atomic mass is 16.5. The van der Waals surface area contributed by atoms with E-state index < -0.39 is 5.97 Å². The van der Waals surface area contributed by atoms with Crippen molar-refractivity contribution in [3.05, 3.63) is 0 Å². The van der Waals surface area contributed by atoms with Crippen molar-refractivity contribution in [2.45, 2.75) is 25.9 Å². The Hall–Kier alpha value is -1.34. The molecule has 1 rings (SSSR count). The zero-order chi connectivity index (χ0) is 14.3. The van der Waals surface area contributed by atoms with E-state index in [0.29, 0.717) is 32.7 Å². The van der Waals surface area contributed by atoms with E-state index in [1.54, 1.807) is 4.90 Å². The van der Waals surface area contributed by atoms with Gasteiger partial charge in [-0.3, -0.25) is 4.79 Å². The fourth-order valence-electron chi connectivity index (χ4n) is 1.97. The average Bonchev–Trinajstić information content (AvgIpc) is 2.42. The van der Waals surface area contributed by atoms with E-state index in [-0.39, 0.29) is 31.1 Å². The third-order valence-electron chi connectivity index (χ3n) is 3.21. The smallest absolute Gasteiger partial charge is 0.317 e. The number of hydrogen-bond acceptors (Lipinski definition) is 4. The van der Waals surface area contributed by atoms with E-state index in [9.17, 15) is 9.59 Å². The second kappa shape index (κ2) is 7.96. The number of morpholine rings is 1. The number of rotatable bonds is 6. The first-order chi connectivity index (χ1) is 9.06. The van der Waals surface area contributed by atoms with Gasteiger partial charge in [0.2, 0.25) is 0 Å². The maximum Gasteiger partial charge on any atom is 0.317 e. The molecule has 0 bridgehead atoms. The van der Waals surface area contributed by atoms with Gasteiger partial charge in [-0.2, -0.15) is 0 Å². The van der Waals surface area contributed by atoms with Gasteiger partial charge in [-0.25, -0.2) is 4.79 Å². The van der Waals surface area contributed by atoms with Crippen molar-refractivity contribution >= 4 is 12.0 Å². The summed E-state index contributed by atoms with van der Waals surface area (Å²) < 4.78 is 5.26. The van der Waals surface area contributed by atoms with Crippen molar-refractivity contribution in [1.82, 2.24) is 10.2 Å². The molecule has 1 aliphatic heterocycles. The molecule has 2 unspecified atom stereocenters. The van der Waals surface area contributed by atoms with Gasteiger partial charge >= 0.3 is 12.0 Å². The van der Waals surface area contributed by atoms with Gasteiger partial charge in [0.25, 0.3) is 0 Å². The molecule has 0 aromatic heterocycles. The van der Waals surface area contributed by atoms with Crippen LogP contribution in [0, 0.1) is 5.92 Å². The lowest BCUT2D eigenvalue weighted by molar-refractivity contribution is -0.138. The molecule has 0 spiro atoms. The number of carbonyl (C=O) groups is 2. The molecule has 0 aromatic carbocycles. The van der Waals surface area contributed by atoms with E-state index in [1.165, 1.54) is 0 Å².